The van der Waals surface area contributed by atoms with Crippen LogP contribution in [0.25, 0.3) is 0 Å². The highest BCUT2D eigenvalue weighted by Gasteiger charge is 2.35. The third-order valence-electron chi connectivity index (χ3n) is 5.88. The topological polar surface area (TPSA) is 77.1 Å². The van der Waals surface area contributed by atoms with E-state index in [9.17, 15) is 14.0 Å². The van der Waals surface area contributed by atoms with Crippen LogP contribution in [-0.4, -0.2) is 38.0 Å². The molecule has 1 N–H and O–H groups in total. The van der Waals surface area contributed by atoms with Gasteiger partial charge in [-0.25, -0.2) is 4.39 Å². The Kier molecular flexibility index (Phi) is 7.12. The fourth-order valence-corrected chi connectivity index (χ4v) is 4.37. The number of hydrogen-bond donors (Lipinski definition) is 1. The number of amides is 2. The third kappa shape index (κ3) is 4.88. The lowest BCUT2D eigenvalue weighted by Gasteiger charge is -2.29. The van der Waals surface area contributed by atoms with Gasteiger partial charge in [-0.1, -0.05) is 29.8 Å². The van der Waals surface area contributed by atoms with Crippen molar-refractivity contribution < 1.29 is 28.2 Å². The molecule has 1 heterocycles. The van der Waals surface area contributed by atoms with E-state index in [-0.39, 0.29) is 23.3 Å². The van der Waals surface area contributed by atoms with E-state index in [2.05, 4.69) is 5.32 Å². The van der Waals surface area contributed by atoms with Gasteiger partial charge in [-0.3, -0.25) is 9.59 Å². The predicted molar refractivity (Wildman–Crippen MR) is 130 cm³/mol. The minimum absolute atomic E-state index is 0.0760. The number of benzene rings is 3. The minimum Gasteiger partial charge on any atom is -0.493 e. The van der Waals surface area contributed by atoms with Gasteiger partial charge in [0, 0.05) is 17.8 Å². The molecule has 3 aromatic rings. The molecule has 0 saturated carbocycles. The average molecular weight is 499 g/mol. The predicted octanol–water partition coefficient (Wildman–Crippen LogP) is 5.23. The quantitative estimate of drug-likeness (QED) is 0.460. The van der Waals surface area contributed by atoms with Gasteiger partial charge in [0.2, 0.25) is 11.7 Å². The Hall–Kier alpha value is -3.78. The molecule has 0 saturated heterocycles. The first kappa shape index (κ1) is 24.3. The standard InChI is InChI=1S/C26H24ClFN2O5/c1-33-22-10-16(11-23(34-2)25(22)35-3)21(30-14-15-6-4-5-7-18(15)26(30)32)13-24(31)29-17-8-9-20(28)19(27)12-17/h4-12,21H,13-14H2,1-3H3,(H,29,31)/t21-/m1/s1. The number of carbonyl (C=O) groups excluding carboxylic acids is 2. The Labute approximate surface area is 207 Å². The lowest BCUT2D eigenvalue weighted by molar-refractivity contribution is -0.117. The van der Waals surface area contributed by atoms with Crippen LogP contribution in [0.1, 0.15) is 33.9 Å². The van der Waals surface area contributed by atoms with E-state index in [0.29, 0.717) is 40.6 Å². The van der Waals surface area contributed by atoms with Gasteiger partial charge in [0.15, 0.2) is 11.5 Å². The van der Waals surface area contributed by atoms with E-state index < -0.39 is 11.9 Å². The van der Waals surface area contributed by atoms with Crippen LogP contribution in [0.3, 0.4) is 0 Å². The van der Waals surface area contributed by atoms with Gasteiger partial charge in [0.05, 0.1) is 38.8 Å². The van der Waals surface area contributed by atoms with Gasteiger partial charge in [0.1, 0.15) is 5.82 Å². The second kappa shape index (κ2) is 10.2. The summed E-state index contributed by atoms with van der Waals surface area (Å²) >= 11 is 5.85. The van der Waals surface area contributed by atoms with Crippen molar-refractivity contribution in [2.75, 3.05) is 26.6 Å². The zero-order chi connectivity index (χ0) is 25.1. The van der Waals surface area contributed by atoms with E-state index in [1.807, 2.05) is 12.1 Å². The van der Waals surface area contributed by atoms with E-state index in [0.717, 1.165) is 5.56 Å². The largest absolute Gasteiger partial charge is 0.493 e. The van der Waals surface area contributed by atoms with Crippen LogP contribution in [0, 0.1) is 5.82 Å². The van der Waals surface area contributed by atoms with E-state index >= 15 is 0 Å². The van der Waals surface area contributed by atoms with Gasteiger partial charge in [-0.2, -0.15) is 0 Å². The van der Waals surface area contributed by atoms with Crippen LogP contribution in [-0.2, 0) is 11.3 Å². The number of carbonyl (C=O) groups is 2. The Balaban J connectivity index is 1.71. The van der Waals surface area contributed by atoms with Gasteiger partial charge >= 0.3 is 0 Å². The number of nitrogens with one attached hydrogen (secondary N) is 1. The molecule has 0 unspecified atom stereocenters. The summed E-state index contributed by atoms with van der Waals surface area (Å²) in [6, 6.07) is 14.1. The monoisotopic (exact) mass is 498 g/mol. The second-order valence-electron chi connectivity index (χ2n) is 7.95. The first-order valence-electron chi connectivity index (χ1n) is 10.8. The van der Waals surface area contributed by atoms with Crippen molar-refractivity contribution in [3.8, 4) is 17.2 Å². The van der Waals surface area contributed by atoms with Gasteiger partial charge in [-0.05, 0) is 47.5 Å². The summed E-state index contributed by atoms with van der Waals surface area (Å²) < 4.78 is 29.9. The molecule has 182 valence electrons. The van der Waals surface area contributed by atoms with Crippen molar-refractivity contribution in [2.45, 2.75) is 19.0 Å². The van der Waals surface area contributed by atoms with Crippen molar-refractivity contribution in [3.63, 3.8) is 0 Å². The molecule has 9 heteroatoms. The first-order valence-corrected chi connectivity index (χ1v) is 11.2. The summed E-state index contributed by atoms with van der Waals surface area (Å²) in [6.07, 6.45) is -0.0760. The van der Waals surface area contributed by atoms with Crippen molar-refractivity contribution in [1.82, 2.24) is 4.90 Å². The molecule has 0 bridgehead atoms. The van der Waals surface area contributed by atoms with Crippen LogP contribution < -0.4 is 19.5 Å². The lowest BCUT2D eigenvalue weighted by Crippen LogP contribution is -2.32. The van der Waals surface area contributed by atoms with Crippen molar-refractivity contribution in [1.29, 1.82) is 0 Å². The summed E-state index contributed by atoms with van der Waals surface area (Å²) in [5.74, 6) is 0.0648. The lowest BCUT2D eigenvalue weighted by atomic mass is 10.00. The zero-order valence-corrected chi connectivity index (χ0v) is 20.2. The summed E-state index contributed by atoms with van der Waals surface area (Å²) in [6.45, 7) is 0.339. The average Bonchev–Trinajstić information content (AvgIpc) is 3.20. The number of fused-ring (bicyclic) bond motifs is 1. The Morgan fingerprint density at radius 1 is 1.06 bits per heavy atom. The van der Waals surface area contributed by atoms with Gasteiger partial charge in [-0.15, -0.1) is 0 Å². The van der Waals surface area contributed by atoms with Gasteiger partial charge < -0.3 is 24.4 Å². The molecular formula is C26H24ClFN2O5. The number of ether oxygens (including phenoxy) is 3. The normalized spacial score (nSPS) is 13.3. The fraction of sp³-hybridized carbons (Fsp3) is 0.231. The molecule has 1 atom stereocenters. The molecule has 7 nitrogen and oxygen atoms in total. The molecule has 0 spiro atoms. The van der Waals surface area contributed by atoms with Crippen molar-refractivity contribution >= 4 is 29.1 Å². The second-order valence-corrected chi connectivity index (χ2v) is 8.35. The molecule has 0 fully saturated rings. The molecule has 0 radical (unpaired) electrons. The summed E-state index contributed by atoms with van der Waals surface area (Å²) in [4.78, 5) is 28.0. The Bertz CT molecular complexity index is 1260. The molecular weight excluding hydrogens is 475 g/mol. The van der Waals surface area contributed by atoms with Crippen LogP contribution in [0.5, 0.6) is 17.2 Å². The van der Waals surface area contributed by atoms with E-state index in [1.165, 1.54) is 39.5 Å². The highest BCUT2D eigenvalue weighted by molar-refractivity contribution is 6.31. The maximum Gasteiger partial charge on any atom is 0.255 e. The number of methoxy groups -OCH3 is 3. The fourth-order valence-electron chi connectivity index (χ4n) is 4.19. The van der Waals surface area contributed by atoms with Crippen molar-refractivity contribution in [2.24, 2.45) is 0 Å². The van der Waals surface area contributed by atoms with E-state index in [1.54, 1.807) is 29.2 Å². The summed E-state index contributed by atoms with van der Waals surface area (Å²) in [5, 5.41) is 2.63. The number of halogens is 2. The SMILES string of the molecule is COc1cc([C@@H](CC(=O)Nc2ccc(F)c(Cl)c2)N2Cc3ccccc3C2=O)cc(OC)c1OC. The zero-order valence-electron chi connectivity index (χ0n) is 19.4. The minimum atomic E-state index is -0.653. The number of nitrogens with zero attached hydrogens (tertiary/aromatic N) is 1. The Morgan fingerprint density at radius 2 is 1.74 bits per heavy atom. The van der Waals surface area contributed by atoms with Gasteiger partial charge in [0.25, 0.3) is 5.91 Å². The van der Waals surface area contributed by atoms with Crippen LogP contribution >= 0.6 is 11.6 Å². The van der Waals surface area contributed by atoms with Crippen LogP contribution in [0.15, 0.2) is 54.6 Å². The first-order chi connectivity index (χ1) is 16.9. The third-order valence-corrected chi connectivity index (χ3v) is 6.17. The molecule has 1 aliphatic rings. The van der Waals surface area contributed by atoms with E-state index in [4.69, 9.17) is 25.8 Å². The maximum absolute atomic E-state index is 13.5. The molecule has 0 aliphatic carbocycles. The number of rotatable bonds is 8. The van der Waals surface area contributed by atoms with Crippen LogP contribution in [0.4, 0.5) is 10.1 Å². The molecule has 1 aliphatic heterocycles. The molecule has 2 amide bonds. The Morgan fingerprint density at radius 3 is 2.34 bits per heavy atom. The molecule has 35 heavy (non-hydrogen) atoms. The molecule has 4 rings (SSSR count). The smallest absolute Gasteiger partial charge is 0.255 e. The maximum atomic E-state index is 13.5. The summed E-state index contributed by atoms with van der Waals surface area (Å²) in [5.41, 5.74) is 2.45. The van der Waals surface area contributed by atoms with Crippen LogP contribution in [0.2, 0.25) is 5.02 Å². The molecule has 0 aromatic heterocycles. The van der Waals surface area contributed by atoms with Crippen molar-refractivity contribution in [3.05, 3.63) is 82.1 Å². The highest BCUT2D eigenvalue weighted by atomic mass is 35.5. The number of anilines is 1. The molecule has 3 aromatic carbocycles. The number of hydrogen-bond acceptors (Lipinski definition) is 5. The summed E-state index contributed by atoms with van der Waals surface area (Å²) in [7, 11) is 4.50. The highest BCUT2D eigenvalue weighted by Crippen LogP contribution is 2.43.